The fourth-order valence-electron chi connectivity index (χ4n) is 3.13. The van der Waals surface area contributed by atoms with Crippen molar-refractivity contribution in [3.63, 3.8) is 0 Å². The Morgan fingerprint density at radius 2 is 2.08 bits per heavy atom. The maximum Gasteiger partial charge on any atom is 0.257 e. The van der Waals surface area contributed by atoms with E-state index in [1.54, 1.807) is 11.0 Å². The summed E-state index contributed by atoms with van der Waals surface area (Å²) >= 11 is 0. The number of halogens is 2. The van der Waals surface area contributed by atoms with Crippen molar-refractivity contribution < 1.29 is 18.4 Å². The molecule has 0 spiro atoms. The summed E-state index contributed by atoms with van der Waals surface area (Å²) in [6, 6.07) is 8.11. The molecule has 0 aliphatic carbocycles. The number of nitrogens with zero attached hydrogens (tertiary/aromatic N) is 2. The Bertz CT molecular complexity index is 841. The number of hydrogen-bond donors (Lipinski definition) is 1. The van der Waals surface area contributed by atoms with E-state index < -0.39 is 17.5 Å². The number of amides is 2. The quantitative estimate of drug-likeness (QED) is 0.913. The first-order valence-corrected chi connectivity index (χ1v) is 8.42. The van der Waals surface area contributed by atoms with Crippen LogP contribution in [0.25, 0.3) is 0 Å². The molecule has 1 aromatic carbocycles. The zero-order valence-corrected chi connectivity index (χ0v) is 14.3. The lowest BCUT2D eigenvalue weighted by Crippen LogP contribution is -2.32. The second-order valence-corrected chi connectivity index (χ2v) is 6.24. The minimum atomic E-state index is -0.868. The first-order chi connectivity index (χ1) is 12.5. The molecule has 2 heterocycles. The number of benzene rings is 1. The fourth-order valence-corrected chi connectivity index (χ4v) is 3.13. The van der Waals surface area contributed by atoms with Crippen LogP contribution in [0, 0.1) is 11.6 Å². The lowest BCUT2D eigenvalue weighted by molar-refractivity contribution is -0.119. The van der Waals surface area contributed by atoms with E-state index in [4.69, 9.17) is 0 Å². The van der Waals surface area contributed by atoms with E-state index in [2.05, 4.69) is 10.3 Å². The van der Waals surface area contributed by atoms with Crippen molar-refractivity contribution in [1.82, 2.24) is 15.2 Å². The van der Waals surface area contributed by atoms with Crippen molar-refractivity contribution in [2.24, 2.45) is 0 Å². The van der Waals surface area contributed by atoms with E-state index in [-0.39, 0.29) is 17.5 Å². The molecular weight excluding hydrogens is 340 g/mol. The Morgan fingerprint density at radius 1 is 1.27 bits per heavy atom. The molecule has 26 heavy (non-hydrogen) atoms. The Balaban J connectivity index is 1.83. The molecule has 1 atom stereocenters. The molecule has 7 heteroatoms. The van der Waals surface area contributed by atoms with Gasteiger partial charge in [0.15, 0.2) is 0 Å². The van der Waals surface area contributed by atoms with Crippen LogP contribution in [0.2, 0.25) is 0 Å². The number of aromatic nitrogens is 1. The third-order valence-corrected chi connectivity index (χ3v) is 4.36. The Kier molecular flexibility index (Phi) is 5.25. The highest BCUT2D eigenvalue weighted by Gasteiger charge is 2.32. The van der Waals surface area contributed by atoms with Crippen molar-refractivity contribution in [2.75, 3.05) is 6.54 Å². The summed E-state index contributed by atoms with van der Waals surface area (Å²) in [7, 11) is 0. The van der Waals surface area contributed by atoms with Crippen LogP contribution in [-0.2, 0) is 11.3 Å². The Hall–Kier alpha value is -2.83. The predicted octanol–water partition coefficient (Wildman–Crippen LogP) is 2.97. The molecule has 2 aromatic rings. The molecule has 1 N–H and O–H groups in total. The maximum atomic E-state index is 14.0. The zero-order chi connectivity index (χ0) is 18.7. The maximum absolute atomic E-state index is 14.0. The second kappa shape index (κ2) is 7.59. The fraction of sp³-hybridized carbons (Fsp3) is 0.316. The number of rotatable bonds is 4. The van der Waals surface area contributed by atoms with Gasteiger partial charge in [0, 0.05) is 19.5 Å². The molecule has 5 nitrogen and oxygen atoms in total. The van der Waals surface area contributed by atoms with E-state index in [0.717, 1.165) is 12.5 Å². The summed E-state index contributed by atoms with van der Waals surface area (Å²) in [5, 5.41) is 2.69. The highest BCUT2D eigenvalue weighted by molar-refractivity contribution is 5.95. The molecule has 3 rings (SSSR count). The van der Waals surface area contributed by atoms with Crippen LogP contribution in [0.4, 0.5) is 8.78 Å². The standard InChI is InChI=1S/C19H19F2N3O2/c1-12(25)22-11-14-4-2-5-17(23-14)18-6-3-9-24(18)19(26)15-8-7-13(20)10-16(15)21/h2,4-5,7-8,10,18H,3,6,9,11H2,1H3,(H,22,25). The van der Waals surface area contributed by atoms with Crippen molar-refractivity contribution in [3.8, 4) is 0 Å². The van der Waals surface area contributed by atoms with Crippen molar-refractivity contribution >= 4 is 11.8 Å². The Morgan fingerprint density at radius 3 is 2.81 bits per heavy atom. The average Bonchev–Trinajstić information content (AvgIpc) is 3.09. The van der Waals surface area contributed by atoms with E-state index in [1.165, 1.54) is 13.0 Å². The second-order valence-electron chi connectivity index (χ2n) is 6.24. The largest absolute Gasteiger partial charge is 0.351 e. The smallest absolute Gasteiger partial charge is 0.257 e. The molecule has 1 fully saturated rings. The van der Waals surface area contributed by atoms with Crippen molar-refractivity contribution in [2.45, 2.75) is 32.4 Å². The number of likely N-dealkylation sites (tertiary alicyclic amines) is 1. The molecular formula is C19H19F2N3O2. The van der Waals surface area contributed by atoms with Gasteiger partial charge in [0.05, 0.1) is 29.5 Å². The normalized spacial score (nSPS) is 16.6. The van der Waals surface area contributed by atoms with Gasteiger partial charge in [0.2, 0.25) is 5.91 Å². The van der Waals surface area contributed by atoms with Crippen LogP contribution in [0.5, 0.6) is 0 Å². The van der Waals surface area contributed by atoms with E-state index in [1.807, 2.05) is 12.1 Å². The zero-order valence-electron chi connectivity index (χ0n) is 14.3. The minimum absolute atomic E-state index is 0.146. The number of carbonyl (C=O) groups is 2. The lowest BCUT2D eigenvalue weighted by atomic mass is 10.1. The summed E-state index contributed by atoms with van der Waals surface area (Å²) in [5.74, 6) is -2.21. The third-order valence-electron chi connectivity index (χ3n) is 4.36. The summed E-state index contributed by atoms with van der Waals surface area (Å²) in [6.45, 7) is 2.22. The lowest BCUT2D eigenvalue weighted by Gasteiger charge is -2.25. The molecule has 0 radical (unpaired) electrons. The molecule has 1 aliphatic rings. The molecule has 1 aliphatic heterocycles. The topological polar surface area (TPSA) is 62.3 Å². The number of nitrogens with one attached hydrogen (secondary N) is 1. The van der Waals surface area contributed by atoms with Gasteiger partial charge in [0.1, 0.15) is 11.6 Å². The van der Waals surface area contributed by atoms with Gasteiger partial charge in [-0.05, 0) is 37.1 Å². The van der Waals surface area contributed by atoms with Crippen LogP contribution >= 0.6 is 0 Å². The monoisotopic (exact) mass is 359 g/mol. The van der Waals surface area contributed by atoms with Gasteiger partial charge in [-0.1, -0.05) is 6.07 Å². The first-order valence-electron chi connectivity index (χ1n) is 8.42. The van der Waals surface area contributed by atoms with Crippen LogP contribution in [-0.4, -0.2) is 28.2 Å². The molecule has 136 valence electrons. The SMILES string of the molecule is CC(=O)NCc1cccc(C2CCCN2C(=O)c2ccc(F)cc2F)n1. The molecule has 1 aromatic heterocycles. The average molecular weight is 359 g/mol. The van der Waals surface area contributed by atoms with Gasteiger partial charge in [-0.2, -0.15) is 0 Å². The molecule has 1 unspecified atom stereocenters. The molecule has 2 amide bonds. The van der Waals surface area contributed by atoms with Crippen molar-refractivity contribution in [3.05, 3.63) is 65.0 Å². The van der Waals surface area contributed by atoms with Gasteiger partial charge in [0.25, 0.3) is 5.91 Å². The molecule has 1 saturated heterocycles. The van der Waals surface area contributed by atoms with Gasteiger partial charge in [-0.25, -0.2) is 8.78 Å². The third kappa shape index (κ3) is 3.87. The highest BCUT2D eigenvalue weighted by atomic mass is 19.1. The van der Waals surface area contributed by atoms with Crippen molar-refractivity contribution in [1.29, 1.82) is 0 Å². The first kappa shape index (κ1) is 18.0. The summed E-state index contributed by atoms with van der Waals surface area (Å²) in [5.41, 5.74) is 1.24. The number of carbonyl (C=O) groups excluding carboxylic acids is 2. The molecule has 0 bridgehead atoms. The summed E-state index contributed by atoms with van der Waals surface area (Å²) in [6.07, 6.45) is 1.49. The van der Waals surface area contributed by atoms with E-state index in [0.29, 0.717) is 37.0 Å². The predicted molar refractivity (Wildman–Crippen MR) is 91.1 cm³/mol. The van der Waals surface area contributed by atoms with Gasteiger partial charge in [-0.3, -0.25) is 14.6 Å². The van der Waals surface area contributed by atoms with Gasteiger partial charge in [-0.15, -0.1) is 0 Å². The minimum Gasteiger partial charge on any atom is -0.351 e. The van der Waals surface area contributed by atoms with Gasteiger partial charge >= 0.3 is 0 Å². The number of pyridine rings is 1. The van der Waals surface area contributed by atoms with Crippen LogP contribution in [0.3, 0.4) is 0 Å². The number of hydrogen-bond acceptors (Lipinski definition) is 3. The van der Waals surface area contributed by atoms with Crippen LogP contribution in [0.1, 0.15) is 47.6 Å². The molecule has 0 saturated carbocycles. The summed E-state index contributed by atoms with van der Waals surface area (Å²) in [4.78, 5) is 29.9. The van der Waals surface area contributed by atoms with Gasteiger partial charge < -0.3 is 10.2 Å². The van der Waals surface area contributed by atoms with Crippen LogP contribution < -0.4 is 5.32 Å². The van der Waals surface area contributed by atoms with Crippen LogP contribution in [0.15, 0.2) is 36.4 Å². The highest BCUT2D eigenvalue weighted by Crippen LogP contribution is 2.32. The Labute approximate surface area is 150 Å². The summed E-state index contributed by atoms with van der Waals surface area (Å²) < 4.78 is 27.1. The van der Waals surface area contributed by atoms with E-state index >= 15 is 0 Å². The van der Waals surface area contributed by atoms with E-state index in [9.17, 15) is 18.4 Å².